The van der Waals surface area contributed by atoms with Gasteiger partial charge in [-0.05, 0) is 31.2 Å². The Morgan fingerprint density at radius 2 is 2.12 bits per heavy atom. The van der Waals surface area contributed by atoms with E-state index in [9.17, 15) is 4.79 Å². The van der Waals surface area contributed by atoms with Crippen LogP contribution >= 0.6 is 0 Å². The van der Waals surface area contributed by atoms with E-state index in [0.717, 1.165) is 30.4 Å². The summed E-state index contributed by atoms with van der Waals surface area (Å²) in [5.74, 6) is 2.62. The van der Waals surface area contributed by atoms with Crippen molar-refractivity contribution in [2.75, 3.05) is 32.8 Å². The van der Waals surface area contributed by atoms with Crippen molar-refractivity contribution < 1.29 is 18.4 Å². The lowest BCUT2D eigenvalue weighted by Crippen LogP contribution is -2.43. The molecular weight excluding hydrogens is 308 g/mol. The number of hydrogen-bond donors (Lipinski definition) is 1. The Bertz CT molecular complexity index is 629. The molecule has 0 radical (unpaired) electrons. The lowest BCUT2D eigenvalue weighted by molar-refractivity contribution is -0.121. The number of carbonyl (C=O) groups is 1. The molecule has 1 atom stereocenters. The molecule has 2 aromatic heterocycles. The highest BCUT2D eigenvalue weighted by molar-refractivity contribution is 5.76. The molecule has 130 valence electrons. The fourth-order valence-corrected chi connectivity index (χ4v) is 2.92. The molecule has 0 aromatic carbocycles. The number of ether oxygens (including phenoxy) is 1. The Labute approximate surface area is 141 Å². The quantitative estimate of drug-likeness (QED) is 0.843. The number of amides is 1. The maximum Gasteiger partial charge on any atom is 0.220 e. The monoisotopic (exact) mass is 332 g/mol. The molecule has 0 saturated carbocycles. The van der Waals surface area contributed by atoms with Gasteiger partial charge in [0.25, 0.3) is 0 Å². The van der Waals surface area contributed by atoms with Gasteiger partial charge in [-0.1, -0.05) is 0 Å². The Hall–Kier alpha value is -2.05. The van der Waals surface area contributed by atoms with Crippen molar-refractivity contribution in [1.29, 1.82) is 0 Å². The molecule has 24 heavy (non-hydrogen) atoms. The van der Waals surface area contributed by atoms with Gasteiger partial charge in [0, 0.05) is 32.5 Å². The van der Waals surface area contributed by atoms with E-state index in [2.05, 4.69) is 10.2 Å². The maximum atomic E-state index is 12.1. The second-order valence-electron chi connectivity index (χ2n) is 6.00. The summed E-state index contributed by atoms with van der Waals surface area (Å²) in [5, 5.41) is 3.03. The largest absolute Gasteiger partial charge is 0.469 e. The molecule has 1 saturated heterocycles. The maximum absolute atomic E-state index is 12.1. The SMILES string of the molecule is Cc1ccc(C(CNC(=O)CCc2ccco2)N2CCOCC2)o1. The molecule has 0 bridgehead atoms. The van der Waals surface area contributed by atoms with E-state index in [4.69, 9.17) is 13.6 Å². The van der Waals surface area contributed by atoms with Gasteiger partial charge in [-0.25, -0.2) is 0 Å². The van der Waals surface area contributed by atoms with Crippen LogP contribution in [0.3, 0.4) is 0 Å². The molecule has 3 heterocycles. The molecule has 1 aliphatic heterocycles. The van der Waals surface area contributed by atoms with Crippen LogP contribution in [0.1, 0.15) is 29.7 Å². The molecule has 1 fully saturated rings. The molecule has 6 heteroatoms. The molecule has 0 spiro atoms. The first-order chi connectivity index (χ1) is 11.7. The number of aryl methyl sites for hydroxylation is 2. The van der Waals surface area contributed by atoms with E-state index in [1.54, 1.807) is 6.26 Å². The lowest BCUT2D eigenvalue weighted by Gasteiger charge is -2.33. The summed E-state index contributed by atoms with van der Waals surface area (Å²) in [6, 6.07) is 7.71. The fourth-order valence-electron chi connectivity index (χ4n) is 2.92. The Morgan fingerprint density at radius 3 is 2.79 bits per heavy atom. The van der Waals surface area contributed by atoms with Crippen LogP contribution in [0.25, 0.3) is 0 Å². The van der Waals surface area contributed by atoms with Gasteiger partial charge in [-0.15, -0.1) is 0 Å². The van der Waals surface area contributed by atoms with Crippen molar-refractivity contribution in [3.8, 4) is 0 Å². The third kappa shape index (κ3) is 4.49. The van der Waals surface area contributed by atoms with Gasteiger partial charge in [0.2, 0.25) is 5.91 Å². The molecule has 3 rings (SSSR count). The number of carbonyl (C=O) groups excluding carboxylic acids is 1. The van der Waals surface area contributed by atoms with Crippen LogP contribution in [0.4, 0.5) is 0 Å². The lowest BCUT2D eigenvalue weighted by atomic mass is 10.1. The van der Waals surface area contributed by atoms with Crippen molar-refractivity contribution in [1.82, 2.24) is 10.2 Å². The highest BCUT2D eigenvalue weighted by atomic mass is 16.5. The smallest absolute Gasteiger partial charge is 0.220 e. The van der Waals surface area contributed by atoms with Crippen molar-refractivity contribution >= 4 is 5.91 Å². The van der Waals surface area contributed by atoms with Gasteiger partial charge >= 0.3 is 0 Å². The summed E-state index contributed by atoms with van der Waals surface area (Å²) < 4.78 is 16.5. The van der Waals surface area contributed by atoms with E-state index in [0.29, 0.717) is 32.6 Å². The van der Waals surface area contributed by atoms with E-state index in [1.807, 2.05) is 31.2 Å². The zero-order chi connectivity index (χ0) is 16.8. The van der Waals surface area contributed by atoms with Gasteiger partial charge in [0.05, 0.1) is 25.5 Å². The molecule has 1 aliphatic rings. The summed E-state index contributed by atoms with van der Waals surface area (Å²) in [6.45, 7) is 5.57. The summed E-state index contributed by atoms with van der Waals surface area (Å²) in [6.07, 6.45) is 2.66. The summed E-state index contributed by atoms with van der Waals surface area (Å²) in [7, 11) is 0. The minimum Gasteiger partial charge on any atom is -0.469 e. The third-order valence-corrected chi connectivity index (χ3v) is 4.25. The van der Waals surface area contributed by atoms with Crippen molar-refractivity contribution in [2.24, 2.45) is 0 Å². The van der Waals surface area contributed by atoms with E-state index in [1.165, 1.54) is 0 Å². The molecule has 1 N–H and O–H groups in total. The van der Waals surface area contributed by atoms with Gasteiger partial charge in [0.15, 0.2) is 0 Å². The van der Waals surface area contributed by atoms with Crippen LogP contribution < -0.4 is 5.32 Å². The number of rotatable bonds is 7. The first-order valence-corrected chi connectivity index (χ1v) is 8.39. The van der Waals surface area contributed by atoms with Gasteiger partial charge in [0.1, 0.15) is 17.3 Å². The molecule has 0 aliphatic carbocycles. The molecule has 1 unspecified atom stereocenters. The number of nitrogens with zero attached hydrogens (tertiary/aromatic N) is 1. The third-order valence-electron chi connectivity index (χ3n) is 4.25. The van der Waals surface area contributed by atoms with Crippen LogP contribution in [0, 0.1) is 6.92 Å². The van der Waals surface area contributed by atoms with Gasteiger partial charge in [-0.3, -0.25) is 9.69 Å². The first-order valence-electron chi connectivity index (χ1n) is 8.39. The topological polar surface area (TPSA) is 67.9 Å². The van der Waals surface area contributed by atoms with Gasteiger partial charge in [-0.2, -0.15) is 0 Å². The molecule has 6 nitrogen and oxygen atoms in total. The van der Waals surface area contributed by atoms with Crippen LogP contribution in [-0.2, 0) is 16.0 Å². The highest BCUT2D eigenvalue weighted by Crippen LogP contribution is 2.23. The normalized spacial score (nSPS) is 16.9. The Kier molecular flexibility index (Phi) is 5.72. The standard InChI is InChI=1S/C18H24N2O4/c1-14-4-6-17(24-14)16(20-8-11-22-12-9-20)13-19-18(21)7-5-15-3-2-10-23-15/h2-4,6,10,16H,5,7-9,11-13H2,1H3,(H,19,21). The van der Waals surface area contributed by atoms with Crippen molar-refractivity contribution in [3.05, 3.63) is 47.8 Å². The predicted octanol–water partition coefficient (Wildman–Crippen LogP) is 2.30. The van der Waals surface area contributed by atoms with Crippen molar-refractivity contribution in [2.45, 2.75) is 25.8 Å². The molecule has 1 amide bonds. The summed E-state index contributed by atoms with van der Waals surface area (Å²) in [4.78, 5) is 14.4. The second kappa shape index (κ2) is 8.17. The Balaban J connectivity index is 1.55. The summed E-state index contributed by atoms with van der Waals surface area (Å²) in [5.41, 5.74) is 0. The molecule has 2 aromatic rings. The van der Waals surface area contributed by atoms with E-state index >= 15 is 0 Å². The number of nitrogens with one attached hydrogen (secondary N) is 1. The van der Waals surface area contributed by atoms with Crippen LogP contribution in [0.5, 0.6) is 0 Å². The Morgan fingerprint density at radius 1 is 1.29 bits per heavy atom. The van der Waals surface area contributed by atoms with Crippen LogP contribution in [0.2, 0.25) is 0 Å². The minimum atomic E-state index is 0.0212. The summed E-state index contributed by atoms with van der Waals surface area (Å²) >= 11 is 0. The zero-order valence-corrected chi connectivity index (χ0v) is 14.0. The van der Waals surface area contributed by atoms with Crippen LogP contribution in [-0.4, -0.2) is 43.7 Å². The minimum absolute atomic E-state index is 0.0212. The fraction of sp³-hybridized carbons (Fsp3) is 0.500. The number of hydrogen-bond acceptors (Lipinski definition) is 5. The van der Waals surface area contributed by atoms with Gasteiger partial charge < -0.3 is 18.9 Å². The highest BCUT2D eigenvalue weighted by Gasteiger charge is 2.25. The van der Waals surface area contributed by atoms with Crippen molar-refractivity contribution in [3.63, 3.8) is 0 Å². The predicted molar refractivity (Wildman–Crippen MR) is 88.6 cm³/mol. The first kappa shape index (κ1) is 16.8. The van der Waals surface area contributed by atoms with E-state index in [-0.39, 0.29) is 11.9 Å². The van der Waals surface area contributed by atoms with E-state index < -0.39 is 0 Å². The number of morpholine rings is 1. The zero-order valence-electron chi connectivity index (χ0n) is 14.0. The number of furan rings is 2. The second-order valence-corrected chi connectivity index (χ2v) is 6.00. The average molecular weight is 332 g/mol. The van der Waals surface area contributed by atoms with Crippen LogP contribution in [0.15, 0.2) is 39.4 Å². The molecular formula is C18H24N2O4. The average Bonchev–Trinajstić information content (AvgIpc) is 3.26.